The van der Waals surface area contributed by atoms with Gasteiger partial charge in [0.05, 0.1) is 19.3 Å². The van der Waals surface area contributed by atoms with E-state index >= 15 is 0 Å². The van der Waals surface area contributed by atoms with Crippen molar-refractivity contribution in [3.63, 3.8) is 0 Å². The maximum Gasteiger partial charge on any atom is 0.183 e. The molecule has 0 heterocycles. The first-order valence-electron chi connectivity index (χ1n) is 10.7. The Bertz CT molecular complexity index is 1140. The third-order valence-electron chi connectivity index (χ3n) is 5.68. The van der Waals surface area contributed by atoms with E-state index < -0.39 is 29.2 Å². The van der Waals surface area contributed by atoms with Crippen LogP contribution in [0.25, 0.3) is 0 Å². The molecule has 0 saturated heterocycles. The predicted octanol–water partition coefficient (Wildman–Crippen LogP) is 4.34. The molecule has 2 aromatic rings. The second kappa shape index (κ2) is 9.50. The summed E-state index contributed by atoms with van der Waals surface area (Å²) in [5.41, 5.74) is 1.73. The van der Waals surface area contributed by atoms with Crippen molar-refractivity contribution in [1.29, 1.82) is 0 Å². The van der Waals surface area contributed by atoms with Gasteiger partial charge in [-0.25, -0.2) is 16.8 Å². The van der Waals surface area contributed by atoms with Crippen molar-refractivity contribution in [2.45, 2.75) is 80.1 Å². The van der Waals surface area contributed by atoms with Gasteiger partial charge in [-0.1, -0.05) is 24.3 Å². The zero-order valence-electron chi connectivity index (χ0n) is 20.0. The van der Waals surface area contributed by atoms with E-state index in [1.165, 1.54) is 38.1 Å². The van der Waals surface area contributed by atoms with Crippen molar-refractivity contribution in [3.05, 3.63) is 59.7 Å². The summed E-state index contributed by atoms with van der Waals surface area (Å²) in [4.78, 5) is 23.2. The van der Waals surface area contributed by atoms with Crippen LogP contribution in [0.1, 0.15) is 65.5 Å². The molecule has 0 bridgehead atoms. The Labute approximate surface area is 197 Å². The van der Waals surface area contributed by atoms with Crippen LogP contribution >= 0.6 is 0 Å². The van der Waals surface area contributed by atoms with Gasteiger partial charge in [0.1, 0.15) is 11.6 Å². The minimum Gasteiger partial charge on any atom is -0.300 e. The lowest BCUT2D eigenvalue weighted by Crippen LogP contribution is -2.34. The molecule has 0 N–H and O–H groups in total. The molecular formula is C25H32O6S2. The Kier molecular flexibility index (Phi) is 7.76. The predicted molar refractivity (Wildman–Crippen MR) is 129 cm³/mol. The van der Waals surface area contributed by atoms with Crippen molar-refractivity contribution >= 4 is 31.2 Å². The van der Waals surface area contributed by atoms with E-state index in [4.69, 9.17) is 0 Å². The van der Waals surface area contributed by atoms with Crippen molar-refractivity contribution in [2.24, 2.45) is 0 Å². The Morgan fingerprint density at radius 2 is 0.879 bits per heavy atom. The Hall–Kier alpha value is -2.32. The summed E-state index contributed by atoms with van der Waals surface area (Å²) in [5.74, 6) is -0.370. The SMILES string of the molecule is CC(=O)CC(C)(C)S(=O)(=O)c1ccc(Cc2ccc(S(=O)(=O)C(C)(C)CC(C)=O)cc2)cc1. The first kappa shape index (κ1) is 26.9. The standard InChI is InChI=1S/C25H32O6S2/c1-18(26)16-24(3,4)32(28,29)22-11-7-20(8-12-22)15-21-9-13-23(14-10-21)33(30,31)25(5,6)17-19(2)27/h7-14H,15-17H2,1-6H3. The largest absolute Gasteiger partial charge is 0.300 e. The minimum absolute atomic E-state index is 0.0600. The number of sulfone groups is 2. The van der Waals surface area contributed by atoms with E-state index in [0.29, 0.717) is 6.42 Å². The van der Waals surface area contributed by atoms with E-state index in [2.05, 4.69) is 0 Å². The van der Waals surface area contributed by atoms with Gasteiger partial charge in [-0.3, -0.25) is 9.59 Å². The van der Waals surface area contributed by atoms with Crippen LogP contribution in [0.4, 0.5) is 0 Å². The molecule has 6 nitrogen and oxygen atoms in total. The van der Waals surface area contributed by atoms with Crippen LogP contribution in [0.15, 0.2) is 58.3 Å². The molecule has 2 rings (SSSR count). The smallest absolute Gasteiger partial charge is 0.183 e. The number of Topliss-reactive ketones (excluding diaryl/α,β-unsaturated/α-hetero) is 2. The van der Waals surface area contributed by atoms with Gasteiger partial charge >= 0.3 is 0 Å². The van der Waals surface area contributed by atoms with Gasteiger partial charge in [0.25, 0.3) is 0 Å². The van der Waals surface area contributed by atoms with E-state index in [9.17, 15) is 26.4 Å². The average molecular weight is 493 g/mol. The molecule has 0 aromatic heterocycles. The van der Waals surface area contributed by atoms with Crippen molar-refractivity contribution in [3.8, 4) is 0 Å². The number of carbonyl (C=O) groups excluding carboxylic acids is 2. The summed E-state index contributed by atoms with van der Waals surface area (Å²) >= 11 is 0. The van der Waals surface area contributed by atoms with Crippen molar-refractivity contribution < 1.29 is 26.4 Å². The summed E-state index contributed by atoms with van der Waals surface area (Å²) in [6.45, 7) is 8.94. The van der Waals surface area contributed by atoms with Gasteiger partial charge in [-0.15, -0.1) is 0 Å². The van der Waals surface area contributed by atoms with Crippen LogP contribution in [0.2, 0.25) is 0 Å². The molecule has 2 aromatic carbocycles. The third-order valence-corrected chi connectivity index (χ3v) is 10.7. The fourth-order valence-corrected chi connectivity index (χ4v) is 6.89. The molecule has 0 amide bonds. The van der Waals surface area contributed by atoms with Gasteiger partial charge in [0.2, 0.25) is 0 Å². The number of rotatable bonds is 10. The van der Waals surface area contributed by atoms with Gasteiger partial charge in [-0.2, -0.15) is 0 Å². The molecule has 0 aliphatic carbocycles. The molecule has 0 atom stereocenters. The van der Waals surface area contributed by atoms with Crippen LogP contribution in [0.3, 0.4) is 0 Å². The van der Waals surface area contributed by atoms with Gasteiger partial charge in [0, 0.05) is 12.8 Å². The molecule has 0 radical (unpaired) electrons. The molecule has 0 unspecified atom stereocenters. The molecule has 0 saturated carbocycles. The lowest BCUT2D eigenvalue weighted by atomic mass is 10.1. The molecule has 0 fully saturated rings. The maximum absolute atomic E-state index is 12.9. The summed E-state index contributed by atoms with van der Waals surface area (Å²) in [6, 6.07) is 13.0. The highest BCUT2D eigenvalue weighted by atomic mass is 32.2. The monoisotopic (exact) mass is 492 g/mol. The van der Waals surface area contributed by atoms with Crippen molar-refractivity contribution in [2.75, 3.05) is 0 Å². The van der Waals surface area contributed by atoms with Gasteiger partial charge < -0.3 is 0 Å². The van der Waals surface area contributed by atoms with E-state index in [-0.39, 0.29) is 34.2 Å². The fraction of sp³-hybridized carbons (Fsp3) is 0.440. The van der Waals surface area contributed by atoms with Crippen molar-refractivity contribution in [1.82, 2.24) is 0 Å². The highest BCUT2D eigenvalue weighted by molar-refractivity contribution is 7.93. The fourth-order valence-electron chi connectivity index (χ4n) is 3.84. The van der Waals surface area contributed by atoms with E-state index in [0.717, 1.165) is 11.1 Å². The van der Waals surface area contributed by atoms with Crippen LogP contribution in [-0.2, 0) is 35.7 Å². The second-order valence-corrected chi connectivity index (χ2v) is 14.9. The Morgan fingerprint density at radius 1 is 0.606 bits per heavy atom. The molecule has 0 aliphatic rings. The highest BCUT2D eigenvalue weighted by Crippen LogP contribution is 2.30. The first-order valence-corrected chi connectivity index (χ1v) is 13.6. The molecule has 0 spiro atoms. The quantitative estimate of drug-likeness (QED) is 0.489. The average Bonchev–Trinajstić information content (AvgIpc) is 2.66. The molecular weight excluding hydrogens is 460 g/mol. The number of benzene rings is 2. The number of ketones is 2. The van der Waals surface area contributed by atoms with E-state index in [1.54, 1.807) is 52.0 Å². The molecule has 0 aliphatic heterocycles. The zero-order valence-corrected chi connectivity index (χ0v) is 21.6. The van der Waals surface area contributed by atoms with Crippen LogP contribution < -0.4 is 0 Å². The number of hydrogen-bond acceptors (Lipinski definition) is 6. The van der Waals surface area contributed by atoms with Gasteiger partial charge in [0.15, 0.2) is 19.7 Å². The number of hydrogen-bond donors (Lipinski definition) is 0. The van der Waals surface area contributed by atoms with Crippen LogP contribution in [0, 0.1) is 0 Å². The Morgan fingerprint density at radius 3 is 1.12 bits per heavy atom. The van der Waals surface area contributed by atoms with E-state index in [1.807, 2.05) is 0 Å². The summed E-state index contributed by atoms with van der Waals surface area (Å²) in [7, 11) is -7.36. The third kappa shape index (κ3) is 5.98. The lowest BCUT2D eigenvalue weighted by molar-refractivity contribution is -0.118. The minimum atomic E-state index is -3.68. The lowest BCUT2D eigenvalue weighted by Gasteiger charge is -2.24. The summed E-state index contributed by atoms with van der Waals surface area (Å²) < 4.78 is 49.2. The Balaban J connectivity index is 2.21. The van der Waals surface area contributed by atoms with Crippen LogP contribution in [-0.4, -0.2) is 37.9 Å². The summed E-state index contributed by atoms with van der Waals surface area (Å²) in [6.07, 6.45) is 0.374. The van der Waals surface area contributed by atoms with Gasteiger partial charge in [-0.05, 0) is 83.4 Å². The normalized spacial score (nSPS) is 13.0. The molecule has 33 heavy (non-hydrogen) atoms. The van der Waals surface area contributed by atoms with Crippen LogP contribution in [0.5, 0.6) is 0 Å². The first-order chi connectivity index (χ1) is 15.0. The zero-order chi connectivity index (χ0) is 25.2. The number of carbonyl (C=O) groups is 2. The summed E-state index contributed by atoms with van der Waals surface area (Å²) in [5, 5.41) is 0. The second-order valence-electron chi connectivity index (χ2n) is 9.75. The highest BCUT2D eigenvalue weighted by Gasteiger charge is 2.37. The molecule has 180 valence electrons. The molecule has 8 heteroatoms. The maximum atomic E-state index is 12.9. The topological polar surface area (TPSA) is 102 Å².